The van der Waals surface area contributed by atoms with Gasteiger partial charge < -0.3 is 0 Å². The smallest absolute Gasteiger partial charge is 0.271 e. The largest absolute Gasteiger partial charge is 0.340 e. The SMILES string of the molecule is O=C1N(c2cccc(Cl)c2)[C@H](c2ccccc2)N2CCCN12. The molecular formula is C17H16ClN3O. The Kier molecular flexibility index (Phi) is 3.28. The van der Waals surface area contributed by atoms with E-state index in [4.69, 9.17) is 11.6 Å². The number of rotatable bonds is 2. The normalized spacial score (nSPS) is 21.5. The zero-order valence-electron chi connectivity index (χ0n) is 12.0. The van der Waals surface area contributed by atoms with E-state index in [-0.39, 0.29) is 12.2 Å². The molecule has 0 saturated carbocycles. The minimum atomic E-state index is -0.102. The number of anilines is 1. The summed E-state index contributed by atoms with van der Waals surface area (Å²) in [6, 6.07) is 17.6. The molecule has 4 rings (SSSR count). The van der Waals surface area contributed by atoms with E-state index in [1.54, 1.807) is 0 Å². The van der Waals surface area contributed by atoms with E-state index in [9.17, 15) is 4.79 Å². The highest BCUT2D eigenvalue weighted by Gasteiger charge is 2.47. The van der Waals surface area contributed by atoms with Crippen LogP contribution >= 0.6 is 11.6 Å². The molecule has 5 heteroatoms. The summed E-state index contributed by atoms with van der Waals surface area (Å²) in [5.41, 5.74) is 1.95. The molecule has 4 nitrogen and oxygen atoms in total. The topological polar surface area (TPSA) is 26.8 Å². The lowest BCUT2D eigenvalue weighted by atomic mass is 10.1. The molecule has 2 fully saturated rings. The van der Waals surface area contributed by atoms with Crippen molar-refractivity contribution in [3.8, 4) is 0 Å². The molecule has 0 bridgehead atoms. The third kappa shape index (κ3) is 2.07. The first-order chi connectivity index (χ1) is 10.8. The van der Waals surface area contributed by atoms with Gasteiger partial charge in [-0.15, -0.1) is 0 Å². The Morgan fingerprint density at radius 2 is 1.82 bits per heavy atom. The Balaban J connectivity index is 1.82. The molecule has 0 unspecified atom stereocenters. The molecule has 0 spiro atoms. The second-order valence-corrected chi connectivity index (χ2v) is 5.99. The molecule has 22 heavy (non-hydrogen) atoms. The highest BCUT2D eigenvalue weighted by atomic mass is 35.5. The number of fused-ring (bicyclic) bond motifs is 1. The van der Waals surface area contributed by atoms with Crippen LogP contribution in [0.2, 0.25) is 5.02 Å². The Morgan fingerprint density at radius 1 is 1.00 bits per heavy atom. The molecule has 0 N–H and O–H groups in total. The number of hydrogen-bond acceptors (Lipinski definition) is 2. The van der Waals surface area contributed by atoms with Gasteiger partial charge in [-0.3, -0.25) is 9.91 Å². The van der Waals surface area contributed by atoms with Crippen molar-refractivity contribution in [1.82, 2.24) is 10.0 Å². The summed E-state index contributed by atoms with van der Waals surface area (Å²) in [5.74, 6) is 0. The monoisotopic (exact) mass is 313 g/mol. The summed E-state index contributed by atoms with van der Waals surface area (Å²) in [6.07, 6.45) is 0.910. The van der Waals surface area contributed by atoms with Gasteiger partial charge >= 0.3 is 6.03 Å². The molecule has 2 aliphatic heterocycles. The van der Waals surface area contributed by atoms with Gasteiger partial charge in [0.25, 0.3) is 0 Å². The van der Waals surface area contributed by atoms with Gasteiger partial charge in [-0.2, -0.15) is 5.01 Å². The highest BCUT2D eigenvalue weighted by Crippen LogP contribution is 2.40. The quantitative estimate of drug-likeness (QED) is 0.840. The van der Waals surface area contributed by atoms with Crippen LogP contribution in [0.1, 0.15) is 18.2 Å². The third-order valence-electron chi connectivity index (χ3n) is 4.21. The molecule has 2 saturated heterocycles. The van der Waals surface area contributed by atoms with Crippen LogP contribution in [0.3, 0.4) is 0 Å². The fraction of sp³-hybridized carbons (Fsp3) is 0.235. The summed E-state index contributed by atoms with van der Waals surface area (Å²) in [7, 11) is 0. The van der Waals surface area contributed by atoms with E-state index in [1.807, 2.05) is 52.4 Å². The highest BCUT2D eigenvalue weighted by molar-refractivity contribution is 6.30. The van der Waals surface area contributed by atoms with Crippen LogP contribution in [-0.4, -0.2) is 29.1 Å². The molecule has 2 aromatic carbocycles. The second-order valence-electron chi connectivity index (χ2n) is 5.56. The molecule has 1 atom stereocenters. The van der Waals surface area contributed by atoms with Crippen LogP contribution in [0.25, 0.3) is 0 Å². The number of hydrogen-bond donors (Lipinski definition) is 0. The number of benzene rings is 2. The zero-order valence-corrected chi connectivity index (χ0v) is 12.8. The van der Waals surface area contributed by atoms with Crippen LogP contribution in [-0.2, 0) is 0 Å². The van der Waals surface area contributed by atoms with E-state index >= 15 is 0 Å². The first-order valence-electron chi connectivity index (χ1n) is 7.43. The van der Waals surface area contributed by atoms with Crippen molar-refractivity contribution in [1.29, 1.82) is 0 Å². The van der Waals surface area contributed by atoms with Crippen molar-refractivity contribution in [3.05, 3.63) is 65.2 Å². The number of hydrazine groups is 1. The Morgan fingerprint density at radius 3 is 2.59 bits per heavy atom. The molecule has 0 aromatic heterocycles. The summed E-state index contributed by atoms with van der Waals surface area (Å²) in [5, 5.41) is 4.64. The van der Waals surface area contributed by atoms with Crippen LogP contribution in [0.5, 0.6) is 0 Å². The van der Waals surface area contributed by atoms with Crippen molar-refractivity contribution in [2.45, 2.75) is 12.6 Å². The van der Waals surface area contributed by atoms with Crippen LogP contribution in [0.4, 0.5) is 10.5 Å². The first-order valence-corrected chi connectivity index (χ1v) is 7.81. The Labute approximate surface area is 134 Å². The number of carbonyl (C=O) groups excluding carboxylic acids is 1. The third-order valence-corrected chi connectivity index (χ3v) is 4.44. The van der Waals surface area contributed by atoms with Gasteiger partial charge in [-0.25, -0.2) is 4.79 Å². The average Bonchev–Trinajstić information content (AvgIpc) is 3.10. The predicted octanol–water partition coefficient (Wildman–Crippen LogP) is 3.90. The standard InChI is InChI=1S/C17H16ClN3O/c18-14-8-4-9-15(12-14)21-16(13-6-2-1-3-7-13)19-10-5-11-20(19)17(21)22/h1-4,6-9,12,16H,5,10-11H2/t16-/m1/s1. The van der Waals surface area contributed by atoms with Gasteiger partial charge in [0.05, 0.1) is 0 Å². The first kappa shape index (κ1) is 13.6. The predicted molar refractivity (Wildman–Crippen MR) is 86.5 cm³/mol. The number of nitrogens with zero attached hydrogens (tertiary/aromatic N) is 3. The van der Waals surface area contributed by atoms with Gasteiger partial charge in [0.2, 0.25) is 0 Å². The van der Waals surface area contributed by atoms with Crippen LogP contribution < -0.4 is 4.90 Å². The van der Waals surface area contributed by atoms with Gasteiger partial charge in [-0.1, -0.05) is 48.0 Å². The van der Waals surface area contributed by atoms with Crippen molar-refractivity contribution >= 4 is 23.3 Å². The minimum Gasteiger partial charge on any atom is -0.271 e. The number of amides is 2. The van der Waals surface area contributed by atoms with E-state index < -0.39 is 0 Å². The van der Waals surface area contributed by atoms with Gasteiger partial charge in [0.15, 0.2) is 0 Å². The molecule has 0 radical (unpaired) electrons. The average molecular weight is 314 g/mol. The number of urea groups is 1. The minimum absolute atomic E-state index is 0.0219. The fourth-order valence-corrected chi connectivity index (χ4v) is 3.46. The lowest BCUT2D eigenvalue weighted by Gasteiger charge is -2.28. The Bertz CT molecular complexity index is 706. The maximum atomic E-state index is 12.8. The molecule has 2 amide bonds. The van der Waals surface area contributed by atoms with Gasteiger partial charge in [0.1, 0.15) is 6.17 Å². The van der Waals surface area contributed by atoms with Crippen molar-refractivity contribution in [2.75, 3.05) is 18.0 Å². The summed E-state index contributed by atoms with van der Waals surface area (Å²) in [4.78, 5) is 14.7. The lowest BCUT2D eigenvalue weighted by molar-refractivity contribution is 0.0728. The summed E-state index contributed by atoms with van der Waals surface area (Å²) in [6.45, 7) is 1.67. The van der Waals surface area contributed by atoms with Crippen molar-refractivity contribution in [2.24, 2.45) is 0 Å². The summed E-state index contributed by atoms with van der Waals surface area (Å²) < 4.78 is 0. The van der Waals surface area contributed by atoms with Crippen molar-refractivity contribution < 1.29 is 4.79 Å². The van der Waals surface area contributed by atoms with Crippen molar-refractivity contribution in [3.63, 3.8) is 0 Å². The Hall–Kier alpha value is -2.04. The fourth-order valence-electron chi connectivity index (χ4n) is 3.28. The van der Waals surface area contributed by atoms with E-state index in [2.05, 4.69) is 17.1 Å². The number of carbonyl (C=O) groups is 1. The molecule has 2 heterocycles. The van der Waals surface area contributed by atoms with Crippen LogP contribution in [0, 0.1) is 0 Å². The maximum Gasteiger partial charge on any atom is 0.340 e. The number of halogens is 1. The zero-order chi connectivity index (χ0) is 15.1. The summed E-state index contributed by atoms with van der Waals surface area (Å²) >= 11 is 6.12. The molecule has 2 aliphatic rings. The molecule has 2 aromatic rings. The van der Waals surface area contributed by atoms with E-state index in [1.165, 1.54) is 0 Å². The molecule has 0 aliphatic carbocycles. The second kappa shape index (κ2) is 5.30. The van der Waals surface area contributed by atoms with E-state index in [0.29, 0.717) is 5.02 Å². The van der Waals surface area contributed by atoms with Crippen LogP contribution in [0.15, 0.2) is 54.6 Å². The van der Waals surface area contributed by atoms with Gasteiger partial charge in [-0.05, 0) is 30.2 Å². The molecule has 112 valence electrons. The molecular weight excluding hydrogens is 298 g/mol. The van der Waals surface area contributed by atoms with E-state index in [0.717, 1.165) is 30.8 Å². The van der Waals surface area contributed by atoms with Gasteiger partial charge in [0, 0.05) is 23.8 Å². The maximum absolute atomic E-state index is 12.8. The lowest BCUT2D eigenvalue weighted by Crippen LogP contribution is -2.32.